The van der Waals surface area contributed by atoms with Gasteiger partial charge in [-0.1, -0.05) is 34.1 Å². The number of nitrogens with zero attached hydrogens (tertiary/aromatic N) is 1. The summed E-state index contributed by atoms with van der Waals surface area (Å²) >= 11 is 5.25. The lowest BCUT2D eigenvalue weighted by atomic mass is 9.95. The minimum absolute atomic E-state index is 0.275. The number of rotatable bonds is 3. The zero-order valence-corrected chi connectivity index (χ0v) is 13.7. The Balaban J connectivity index is 1.95. The molecule has 0 aliphatic carbocycles. The van der Waals surface area contributed by atoms with E-state index in [1.165, 1.54) is 0 Å². The Morgan fingerprint density at radius 1 is 1.30 bits per heavy atom. The van der Waals surface area contributed by atoms with E-state index in [1.54, 1.807) is 18.4 Å². The minimum atomic E-state index is -0.275. The number of aromatic nitrogens is 1. The minimum Gasteiger partial charge on any atom is -0.381 e. The third-order valence-corrected chi connectivity index (χ3v) is 5.45. The third-order valence-electron chi connectivity index (χ3n) is 3.73. The molecule has 1 aromatic carbocycles. The molecule has 1 aromatic heterocycles. The third kappa shape index (κ3) is 2.55. The summed E-state index contributed by atoms with van der Waals surface area (Å²) in [5.41, 5.74) is 1.84. The molecular weight excluding hydrogens is 338 g/mol. The van der Waals surface area contributed by atoms with Gasteiger partial charge in [0.2, 0.25) is 0 Å². The highest BCUT2D eigenvalue weighted by Gasteiger charge is 2.37. The molecule has 2 heterocycles. The number of hydrogen-bond acceptors (Lipinski definition) is 4. The highest BCUT2D eigenvalue weighted by atomic mass is 79.9. The maximum absolute atomic E-state index is 5.80. The van der Waals surface area contributed by atoms with Crippen LogP contribution in [0.3, 0.4) is 0 Å². The van der Waals surface area contributed by atoms with E-state index in [9.17, 15) is 0 Å². The maximum Gasteiger partial charge on any atom is 0.125 e. The van der Waals surface area contributed by atoms with Crippen LogP contribution in [0.15, 0.2) is 34.1 Å². The molecule has 0 unspecified atom stereocenters. The zero-order chi connectivity index (χ0) is 14.0. The Labute approximate surface area is 131 Å². The lowest BCUT2D eigenvalue weighted by Gasteiger charge is -2.33. The summed E-state index contributed by atoms with van der Waals surface area (Å²) in [6.07, 6.45) is 1.73. The fourth-order valence-electron chi connectivity index (χ4n) is 2.48. The first-order valence-electron chi connectivity index (χ1n) is 6.59. The van der Waals surface area contributed by atoms with Gasteiger partial charge in [-0.2, -0.15) is 0 Å². The van der Waals surface area contributed by atoms with E-state index >= 15 is 0 Å². The molecule has 1 aliphatic heterocycles. The monoisotopic (exact) mass is 353 g/mol. The molecule has 0 N–H and O–H groups in total. The number of hydrogen-bond donors (Lipinski definition) is 0. The van der Waals surface area contributed by atoms with E-state index in [-0.39, 0.29) is 5.60 Å². The van der Waals surface area contributed by atoms with Gasteiger partial charge in [-0.05, 0) is 6.07 Å². The Kier molecular flexibility index (Phi) is 4.21. The molecule has 5 heteroatoms. The van der Waals surface area contributed by atoms with Gasteiger partial charge in [-0.3, -0.25) is 0 Å². The van der Waals surface area contributed by atoms with E-state index in [2.05, 4.69) is 27.4 Å². The summed E-state index contributed by atoms with van der Waals surface area (Å²) in [6.45, 7) is 1.47. The first kappa shape index (κ1) is 14.2. The van der Waals surface area contributed by atoms with Crippen LogP contribution in [0.4, 0.5) is 0 Å². The number of ether oxygens (including phenoxy) is 2. The summed E-state index contributed by atoms with van der Waals surface area (Å²) in [5.74, 6) is 0. The molecule has 2 aromatic rings. The van der Waals surface area contributed by atoms with Crippen LogP contribution in [0.1, 0.15) is 17.8 Å². The molecule has 1 fully saturated rings. The SMILES string of the molecule is COC1(c2nc(-c3ccccc3Br)cs2)CCOCC1. The van der Waals surface area contributed by atoms with E-state index in [0.29, 0.717) is 0 Å². The molecule has 0 saturated carbocycles. The zero-order valence-electron chi connectivity index (χ0n) is 11.3. The van der Waals surface area contributed by atoms with Crippen molar-refractivity contribution in [1.29, 1.82) is 0 Å². The van der Waals surface area contributed by atoms with Gasteiger partial charge in [-0.25, -0.2) is 4.98 Å². The fourth-order valence-corrected chi connectivity index (χ4v) is 4.03. The molecule has 0 spiro atoms. The van der Waals surface area contributed by atoms with E-state index in [1.807, 2.05) is 18.2 Å². The fraction of sp³-hybridized carbons (Fsp3) is 0.400. The van der Waals surface area contributed by atoms with Crippen molar-refractivity contribution in [1.82, 2.24) is 4.98 Å². The molecule has 0 bridgehead atoms. The predicted molar refractivity (Wildman–Crippen MR) is 84.0 cm³/mol. The highest BCUT2D eigenvalue weighted by molar-refractivity contribution is 9.10. The molecule has 1 aliphatic rings. The van der Waals surface area contributed by atoms with Crippen LogP contribution in [0.2, 0.25) is 0 Å². The quantitative estimate of drug-likeness (QED) is 0.827. The number of methoxy groups -OCH3 is 1. The van der Waals surface area contributed by atoms with Crippen molar-refractivity contribution in [2.45, 2.75) is 18.4 Å². The van der Waals surface area contributed by atoms with Gasteiger partial charge >= 0.3 is 0 Å². The van der Waals surface area contributed by atoms with Crippen LogP contribution in [-0.2, 0) is 15.1 Å². The molecule has 0 radical (unpaired) electrons. The van der Waals surface area contributed by atoms with Crippen LogP contribution in [0, 0.1) is 0 Å². The normalized spacial score (nSPS) is 18.1. The van der Waals surface area contributed by atoms with Gasteiger partial charge in [0.15, 0.2) is 0 Å². The first-order valence-corrected chi connectivity index (χ1v) is 8.26. The largest absolute Gasteiger partial charge is 0.381 e. The molecule has 0 atom stereocenters. The van der Waals surface area contributed by atoms with Gasteiger partial charge < -0.3 is 9.47 Å². The van der Waals surface area contributed by atoms with Crippen molar-refractivity contribution < 1.29 is 9.47 Å². The Bertz CT molecular complexity index is 593. The van der Waals surface area contributed by atoms with Crippen LogP contribution in [0.5, 0.6) is 0 Å². The van der Waals surface area contributed by atoms with Crippen molar-refractivity contribution in [3.8, 4) is 11.3 Å². The highest BCUT2D eigenvalue weighted by Crippen LogP contribution is 2.39. The summed E-state index contributed by atoms with van der Waals surface area (Å²) in [5, 5.41) is 3.15. The lowest BCUT2D eigenvalue weighted by Crippen LogP contribution is -2.35. The Hall–Kier alpha value is -0.750. The average molecular weight is 354 g/mol. The molecule has 20 heavy (non-hydrogen) atoms. The average Bonchev–Trinajstić information content (AvgIpc) is 2.98. The predicted octanol–water partition coefficient (Wildman–Crippen LogP) is 4.22. The Morgan fingerprint density at radius 2 is 2.05 bits per heavy atom. The summed E-state index contributed by atoms with van der Waals surface area (Å²) in [4.78, 5) is 4.82. The topological polar surface area (TPSA) is 31.4 Å². The lowest BCUT2D eigenvalue weighted by molar-refractivity contribution is -0.0947. The van der Waals surface area contributed by atoms with Crippen molar-refractivity contribution in [2.75, 3.05) is 20.3 Å². The van der Waals surface area contributed by atoms with Crippen LogP contribution < -0.4 is 0 Å². The first-order chi connectivity index (χ1) is 9.75. The van der Waals surface area contributed by atoms with E-state index in [4.69, 9.17) is 14.5 Å². The number of halogens is 1. The molecule has 3 rings (SSSR count). The van der Waals surface area contributed by atoms with Gasteiger partial charge in [-0.15, -0.1) is 11.3 Å². The summed E-state index contributed by atoms with van der Waals surface area (Å²) in [7, 11) is 1.77. The standard InChI is InChI=1S/C15H16BrNO2S/c1-18-15(6-8-19-9-7-15)14-17-13(10-20-14)11-4-2-3-5-12(11)16/h2-5,10H,6-9H2,1H3. The second kappa shape index (κ2) is 5.93. The molecular formula is C15H16BrNO2S. The smallest absolute Gasteiger partial charge is 0.125 e. The van der Waals surface area contributed by atoms with E-state index in [0.717, 1.165) is 46.8 Å². The van der Waals surface area contributed by atoms with Crippen LogP contribution >= 0.6 is 27.3 Å². The number of benzene rings is 1. The van der Waals surface area contributed by atoms with Crippen molar-refractivity contribution in [3.63, 3.8) is 0 Å². The maximum atomic E-state index is 5.80. The summed E-state index contributed by atoms with van der Waals surface area (Å²) < 4.78 is 12.3. The van der Waals surface area contributed by atoms with Gasteiger partial charge in [0, 0.05) is 48.6 Å². The molecule has 3 nitrogen and oxygen atoms in total. The second-order valence-electron chi connectivity index (χ2n) is 4.83. The Morgan fingerprint density at radius 3 is 2.75 bits per heavy atom. The van der Waals surface area contributed by atoms with Crippen molar-refractivity contribution in [2.24, 2.45) is 0 Å². The van der Waals surface area contributed by atoms with Crippen molar-refractivity contribution >= 4 is 27.3 Å². The number of thiazole rings is 1. The second-order valence-corrected chi connectivity index (χ2v) is 6.54. The summed E-state index contributed by atoms with van der Waals surface area (Å²) in [6, 6.07) is 8.15. The molecule has 1 saturated heterocycles. The van der Waals surface area contributed by atoms with Gasteiger partial charge in [0.05, 0.1) is 5.69 Å². The van der Waals surface area contributed by atoms with Crippen molar-refractivity contribution in [3.05, 3.63) is 39.1 Å². The van der Waals surface area contributed by atoms with Gasteiger partial charge in [0.1, 0.15) is 10.6 Å². The molecule has 106 valence electrons. The van der Waals surface area contributed by atoms with E-state index < -0.39 is 0 Å². The van der Waals surface area contributed by atoms with Crippen LogP contribution in [-0.4, -0.2) is 25.3 Å². The van der Waals surface area contributed by atoms with Gasteiger partial charge in [0.25, 0.3) is 0 Å². The van der Waals surface area contributed by atoms with Crippen LogP contribution in [0.25, 0.3) is 11.3 Å². The molecule has 0 amide bonds.